The molecule has 3 aromatic rings. The number of anilines is 1. The number of carbonyl (C=O) groups is 2. The lowest BCUT2D eigenvalue weighted by atomic mass is 9.92. The summed E-state index contributed by atoms with van der Waals surface area (Å²) in [7, 11) is 1.57. The van der Waals surface area contributed by atoms with E-state index in [1.807, 2.05) is 39.0 Å². The highest BCUT2D eigenvalue weighted by Crippen LogP contribution is 2.43. The largest absolute Gasteiger partial charge is 0.507 e. The van der Waals surface area contributed by atoms with E-state index in [0.717, 1.165) is 11.1 Å². The van der Waals surface area contributed by atoms with Crippen molar-refractivity contribution in [2.24, 2.45) is 0 Å². The first-order chi connectivity index (χ1) is 16.2. The van der Waals surface area contributed by atoms with Crippen molar-refractivity contribution < 1.29 is 23.8 Å². The van der Waals surface area contributed by atoms with Gasteiger partial charge in [-0.15, -0.1) is 0 Å². The van der Waals surface area contributed by atoms with E-state index < -0.39 is 23.5 Å². The Morgan fingerprint density at radius 3 is 2.41 bits per heavy atom. The van der Waals surface area contributed by atoms with Crippen molar-refractivity contribution in [1.29, 1.82) is 0 Å². The molecule has 3 aromatic carbocycles. The molecular weight excluding hydrogens is 433 g/mol. The molecule has 4 rings (SSSR count). The average Bonchev–Trinajstić information content (AvgIpc) is 3.08. The highest BCUT2D eigenvalue weighted by atomic mass is 19.1. The Balaban J connectivity index is 1.96. The predicted molar refractivity (Wildman–Crippen MR) is 129 cm³/mol. The lowest BCUT2D eigenvalue weighted by Gasteiger charge is -2.26. The smallest absolute Gasteiger partial charge is 0.300 e. The molecule has 1 N–H and O–H groups in total. The van der Waals surface area contributed by atoms with Crippen LogP contribution in [0.5, 0.6) is 5.75 Å². The summed E-state index contributed by atoms with van der Waals surface area (Å²) in [5, 5.41) is 11.4. The Hall–Kier alpha value is -3.93. The molecule has 1 aliphatic heterocycles. The molecule has 0 spiro atoms. The Labute approximate surface area is 198 Å². The monoisotopic (exact) mass is 459 g/mol. The second-order valence-corrected chi connectivity index (χ2v) is 8.67. The van der Waals surface area contributed by atoms with E-state index in [2.05, 4.69) is 0 Å². The number of nitrogens with zero attached hydrogens (tertiary/aromatic N) is 1. The summed E-state index contributed by atoms with van der Waals surface area (Å²) in [5.74, 6) is -1.69. The Morgan fingerprint density at radius 2 is 1.76 bits per heavy atom. The minimum absolute atomic E-state index is 0.0419. The van der Waals surface area contributed by atoms with Crippen molar-refractivity contribution in [3.63, 3.8) is 0 Å². The molecule has 1 fully saturated rings. The van der Waals surface area contributed by atoms with Gasteiger partial charge in [-0.05, 0) is 60.4 Å². The maximum absolute atomic E-state index is 14.1. The number of ether oxygens (including phenoxy) is 1. The van der Waals surface area contributed by atoms with Crippen molar-refractivity contribution in [3.8, 4) is 5.75 Å². The number of methoxy groups -OCH3 is 1. The number of Topliss-reactive ketones (excluding diaryl/α,β-unsaturated/α-hetero) is 1. The molecule has 0 aliphatic carbocycles. The van der Waals surface area contributed by atoms with Gasteiger partial charge in [0.05, 0.1) is 18.7 Å². The number of hydrogen-bond donors (Lipinski definition) is 1. The van der Waals surface area contributed by atoms with Crippen LogP contribution in [0.2, 0.25) is 0 Å². The Bertz CT molecular complexity index is 1310. The second-order valence-electron chi connectivity index (χ2n) is 8.67. The molecule has 0 radical (unpaired) electrons. The fourth-order valence-electron chi connectivity index (χ4n) is 4.37. The zero-order valence-electron chi connectivity index (χ0n) is 19.5. The number of carbonyl (C=O) groups excluding carboxylic acids is 2. The number of amides is 1. The van der Waals surface area contributed by atoms with Gasteiger partial charge in [-0.2, -0.15) is 0 Å². The molecular formula is C28H26FNO4. The van der Waals surface area contributed by atoms with Crippen LogP contribution < -0.4 is 9.64 Å². The molecule has 0 bridgehead atoms. The van der Waals surface area contributed by atoms with Gasteiger partial charge in [-0.3, -0.25) is 14.5 Å². The fraction of sp³-hybridized carbons (Fsp3) is 0.214. The third-order valence-corrected chi connectivity index (χ3v) is 6.01. The van der Waals surface area contributed by atoms with Gasteiger partial charge in [0, 0.05) is 11.3 Å². The Morgan fingerprint density at radius 1 is 1.03 bits per heavy atom. The number of aliphatic hydroxyl groups is 1. The van der Waals surface area contributed by atoms with Crippen LogP contribution in [-0.2, 0) is 9.59 Å². The molecule has 1 amide bonds. The van der Waals surface area contributed by atoms with Crippen LogP contribution in [0.25, 0.3) is 5.76 Å². The van der Waals surface area contributed by atoms with Crippen LogP contribution in [0.4, 0.5) is 10.1 Å². The summed E-state index contributed by atoms with van der Waals surface area (Å²) in [6.45, 7) is 5.89. The van der Waals surface area contributed by atoms with Gasteiger partial charge >= 0.3 is 0 Å². The number of hydrogen-bond acceptors (Lipinski definition) is 4. The third kappa shape index (κ3) is 4.07. The summed E-state index contributed by atoms with van der Waals surface area (Å²) in [4.78, 5) is 27.7. The molecule has 1 aliphatic rings. The summed E-state index contributed by atoms with van der Waals surface area (Å²) >= 11 is 0. The van der Waals surface area contributed by atoms with E-state index in [0.29, 0.717) is 16.9 Å². The lowest BCUT2D eigenvalue weighted by molar-refractivity contribution is -0.132. The highest BCUT2D eigenvalue weighted by Gasteiger charge is 2.47. The minimum atomic E-state index is -0.911. The molecule has 1 heterocycles. The van der Waals surface area contributed by atoms with Crippen LogP contribution in [0.15, 0.2) is 72.3 Å². The second kappa shape index (κ2) is 9.14. The Kier molecular flexibility index (Phi) is 6.24. The van der Waals surface area contributed by atoms with E-state index in [4.69, 9.17) is 4.74 Å². The number of rotatable bonds is 5. The van der Waals surface area contributed by atoms with Gasteiger partial charge in [0.25, 0.3) is 11.7 Å². The quantitative estimate of drug-likeness (QED) is 0.293. The SMILES string of the molecule is COc1ccc(/C(O)=C2/C(=O)C(=O)N(c3cccc(F)c3)C2c2cccc(C)c2)cc1C(C)C. The first kappa shape index (κ1) is 23.2. The normalized spacial score (nSPS) is 17.5. The van der Waals surface area contributed by atoms with Crippen molar-refractivity contribution >= 4 is 23.1 Å². The van der Waals surface area contributed by atoms with E-state index in [1.54, 1.807) is 37.4 Å². The van der Waals surface area contributed by atoms with Crippen LogP contribution in [0, 0.1) is 12.7 Å². The molecule has 0 aromatic heterocycles. The van der Waals surface area contributed by atoms with E-state index in [9.17, 15) is 19.1 Å². The molecule has 1 atom stereocenters. The lowest BCUT2D eigenvalue weighted by Crippen LogP contribution is -2.29. The van der Waals surface area contributed by atoms with Gasteiger partial charge in [0.15, 0.2) is 0 Å². The van der Waals surface area contributed by atoms with Gasteiger partial charge in [-0.25, -0.2) is 4.39 Å². The van der Waals surface area contributed by atoms with Crippen LogP contribution in [-0.4, -0.2) is 23.9 Å². The molecule has 6 heteroatoms. The third-order valence-electron chi connectivity index (χ3n) is 6.01. The maximum atomic E-state index is 14.1. The summed E-state index contributed by atoms with van der Waals surface area (Å²) in [6.07, 6.45) is 0. The standard InChI is InChI=1S/C28H26FNO4/c1-16(2)22-14-19(11-12-23(22)34-4)26(31)24-25(18-8-5-7-17(3)13-18)30(28(33)27(24)32)21-10-6-9-20(29)15-21/h5-16,25,31H,1-4H3/b26-24-. The van der Waals surface area contributed by atoms with Gasteiger partial charge in [0.1, 0.15) is 17.3 Å². The number of aryl methyl sites for hydroxylation is 1. The van der Waals surface area contributed by atoms with Crippen molar-refractivity contribution in [1.82, 2.24) is 0 Å². The topological polar surface area (TPSA) is 66.8 Å². The number of aliphatic hydroxyl groups excluding tert-OH is 1. The minimum Gasteiger partial charge on any atom is -0.507 e. The number of benzene rings is 3. The summed E-state index contributed by atoms with van der Waals surface area (Å²) in [6, 6.07) is 17.1. The van der Waals surface area contributed by atoms with E-state index >= 15 is 0 Å². The van der Waals surface area contributed by atoms with Crippen molar-refractivity contribution in [2.45, 2.75) is 32.7 Å². The predicted octanol–water partition coefficient (Wildman–Crippen LogP) is 5.89. The zero-order chi connectivity index (χ0) is 24.6. The molecule has 1 saturated heterocycles. The molecule has 174 valence electrons. The molecule has 5 nitrogen and oxygen atoms in total. The highest BCUT2D eigenvalue weighted by molar-refractivity contribution is 6.51. The van der Waals surface area contributed by atoms with Crippen molar-refractivity contribution in [3.05, 3.63) is 100 Å². The van der Waals surface area contributed by atoms with E-state index in [1.165, 1.54) is 23.1 Å². The first-order valence-electron chi connectivity index (χ1n) is 11.0. The first-order valence-corrected chi connectivity index (χ1v) is 11.0. The number of halogens is 1. The maximum Gasteiger partial charge on any atom is 0.300 e. The zero-order valence-corrected chi connectivity index (χ0v) is 19.5. The van der Waals surface area contributed by atoms with Gasteiger partial charge in [-0.1, -0.05) is 49.7 Å². The molecule has 1 unspecified atom stereocenters. The van der Waals surface area contributed by atoms with Gasteiger partial charge in [0.2, 0.25) is 0 Å². The van der Waals surface area contributed by atoms with Crippen LogP contribution in [0.1, 0.15) is 48.1 Å². The summed E-state index contributed by atoms with van der Waals surface area (Å²) < 4.78 is 19.5. The van der Waals surface area contributed by atoms with Crippen LogP contribution >= 0.6 is 0 Å². The molecule has 0 saturated carbocycles. The van der Waals surface area contributed by atoms with E-state index in [-0.39, 0.29) is 22.9 Å². The van der Waals surface area contributed by atoms with Crippen molar-refractivity contribution in [2.75, 3.05) is 12.0 Å². The summed E-state index contributed by atoms with van der Waals surface area (Å²) in [5.41, 5.74) is 3.03. The average molecular weight is 460 g/mol. The van der Waals surface area contributed by atoms with Gasteiger partial charge < -0.3 is 9.84 Å². The van der Waals surface area contributed by atoms with Crippen LogP contribution in [0.3, 0.4) is 0 Å². The number of ketones is 1. The fourth-order valence-corrected chi connectivity index (χ4v) is 4.37. The molecule has 34 heavy (non-hydrogen) atoms.